The summed E-state index contributed by atoms with van der Waals surface area (Å²) in [5.74, 6) is 1.38. The van der Waals surface area contributed by atoms with Gasteiger partial charge in [0.15, 0.2) is 5.84 Å². The van der Waals surface area contributed by atoms with Gasteiger partial charge in [0.1, 0.15) is 23.2 Å². The standard InChI is InChI=1S/C55H36N4O/c1-3-14-35(15-4-1)37-26-28-38(29-27-37)53-56-54(42-21-13-20-39(30-42)36-16-5-2-6-17-36)58-55(57-53)43-33-49(52-45-23-10-12-25-50(45)60-51(52)34-43)59-47-24-11-9-22-44(47)46-31-40-18-7-8-19-41(40)32-48(46)59/h1-34,54H,(H,56,57,58). The van der Waals surface area contributed by atoms with Gasteiger partial charge in [-0.25, -0.2) is 9.98 Å². The molecule has 2 aromatic heterocycles. The normalized spacial score (nSPS) is 14.2. The summed E-state index contributed by atoms with van der Waals surface area (Å²) in [6.45, 7) is 0. The van der Waals surface area contributed by atoms with Gasteiger partial charge in [0.05, 0.1) is 22.1 Å². The Kier molecular flexibility index (Phi) is 7.85. The maximum atomic E-state index is 6.73. The number of hydrogen-bond donors (Lipinski definition) is 1. The molecule has 5 heteroatoms. The van der Waals surface area contributed by atoms with Gasteiger partial charge in [0.2, 0.25) is 0 Å². The first kappa shape index (κ1) is 34.1. The summed E-state index contributed by atoms with van der Waals surface area (Å²) in [7, 11) is 0. The minimum atomic E-state index is -0.403. The van der Waals surface area contributed by atoms with Crippen LogP contribution in [0.5, 0.6) is 0 Å². The van der Waals surface area contributed by atoms with Crippen LogP contribution in [0.15, 0.2) is 221 Å². The summed E-state index contributed by atoms with van der Waals surface area (Å²) in [5.41, 5.74) is 12.4. The van der Waals surface area contributed by atoms with Crippen molar-refractivity contribution in [1.82, 2.24) is 9.88 Å². The molecule has 60 heavy (non-hydrogen) atoms. The van der Waals surface area contributed by atoms with E-state index in [1.165, 1.54) is 27.1 Å². The van der Waals surface area contributed by atoms with Crippen LogP contribution in [0.25, 0.3) is 82.5 Å². The first-order valence-corrected chi connectivity index (χ1v) is 20.3. The maximum Gasteiger partial charge on any atom is 0.159 e. The van der Waals surface area contributed by atoms with Gasteiger partial charge in [0, 0.05) is 27.3 Å². The fourth-order valence-corrected chi connectivity index (χ4v) is 8.92. The van der Waals surface area contributed by atoms with Crippen molar-refractivity contribution in [2.45, 2.75) is 6.17 Å². The number of para-hydroxylation sites is 2. The Morgan fingerprint density at radius 1 is 0.433 bits per heavy atom. The predicted octanol–water partition coefficient (Wildman–Crippen LogP) is 13.7. The lowest BCUT2D eigenvalue weighted by Crippen LogP contribution is -2.33. The van der Waals surface area contributed by atoms with E-state index < -0.39 is 6.17 Å². The van der Waals surface area contributed by atoms with Crippen molar-refractivity contribution in [1.29, 1.82) is 0 Å². The highest BCUT2D eigenvalue weighted by Crippen LogP contribution is 2.41. The van der Waals surface area contributed by atoms with E-state index in [4.69, 9.17) is 14.4 Å². The molecule has 1 unspecified atom stereocenters. The van der Waals surface area contributed by atoms with Crippen molar-refractivity contribution < 1.29 is 4.42 Å². The average molecular weight is 769 g/mol. The molecule has 12 rings (SSSR count). The van der Waals surface area contributed by atoms with Gasteiger partial charge in [-0.3, -0.25) is 0 Å². The predicted molar refractivity (Wildman–Crippen MR) is 248 cm³/mol. The average Bonchev–Trinajstić information content (AvgIpc) is 3.86. The van der Waals surface area contributed by atoms with Crippen LogP contribution in [0.2, 0.25) is 0 Å². The van der Waals surface area contributed by atoms with Gasteiger partial charge in [-0.1, -0.05) is 164 Å². The van der Waals surface area contributed by atoms with E-state index in [2.05, 4.69) is 192 Å². The van der Waals surface area contributed by atoms with Crippen molar-refractivity contribution in [3.05, 3.63) is 223 Å². The van der Waals surface area contributed by atoms with Gasteiger partial charge in [0.25, 0.3) is 0 Å². The molecule has 3 heterocycles. The smallest absolute Gasteiger partial charge is 0.159 e. The summed E-state index contributed by atoms with van der Waals surface area (Å²) in [5, 5.41) is 10.7. The summed E-state index contributed by atoms with van der Waals surface area (Å²) in [6, 6.07) is 72.8. The highest BCUT2D eigenvalue weighted by atomic mass is 16.3. The molecular weight excluding hydrogens is 733 g/mol. The van der Waals surface area contributed by atoms with Gasteiger partial charge < -0.3 is 14.3 Å². The summed E-state index contributed by atoms with van der Waals surface area (Å²) in [6.07, 6.45) is -0.403. The Balaban J connectivity index is 1.08. The van der Waals surface area contributed by atoms with Crippen molar-refractivity contribution in [3.8, 4) is 27.9 Å². The number of hydrogen-bond acceptors (Lipinski definition) is 4. The molecule has 0 fully saturated rings. The van der Waals surface area contributed by atoms with Gasteiger partial charge in [-0.15, -0.1) is 0 Å². The Hall–Kier alpha value is -8.02. The van der Waals surface area contributed by atoms with Crippen molar-refractivity contribution in [2.75, 3.05) is 0 Å². The fourth-order valence-electron chi connectivity index (χ4n) is 8.92. The summed E-state index contributed by atoms with van der Waals surface area (Å²) < 4.78 is 9.14. The molecule has 0 saturated heterocycles. The van der Waals surface area contributed by atoms with E-state index in [0.29, 0.717) is 5.84 Å². The molecule has 1 aliphatic heterocycles. The zero-order chi connectivity index (χ0) is 39.6. The van der Waals surface area contributed by atoms with E-state index in [9.17, 15) is 0 Å². The minimum Gasteiger partial charge on any atom is -0.456 e. The zero-order valence-corrected chi connectivity index (χ0v) is 32.5. The second kappa shape index (κ2) is 13.8. The Morgan fingerprint density at radius 2 is 1.07 bits per heavy atom. The first-order valence-electron chi connectivity index (χ1n) is 20.3. The second-order valence-corrected chi connectivity index (χ2v) is 15.4. The monoisotopic (exact) mass is 768 g/mol. The molecule has 9 aromatic carbocycles. The number of furan rings is 1. The van der Waals surface area contributed by atoms with E-state index in [-0.39, 0.29) is 0 Å². The quantitative estimate of drug-likeness (QED) is 0.183. The lowest BCUT2D eigenvalue weighted by Gasteiger charge is -2.24. The van der Waals surface area contributed by atoms with Gasteiger partial charge in [-0.05, 0) is 81.1 Å². The molecule has 1 atom stereocenters. The fraction of sp³-hybridized carbons (Fsp3) is 0.0182. The van der Waals surface area contributed by atoms with E-state index in [0.717, 1.165) is 77.9 Å². The SMILES string of the molecule is c1ccc(-c2ccc(C3=NC(c4cccc(-c5ccccc5)c4)NC(c4cc(-n5c6ccccc6c6cc7ccccc7cc65)c5c(c4)oc4ccccc45)=N3)cc2)cc1. The number of benzene rings is 9. The number of aromatic nitrogens is 1. The van der Waals surface area contributed by atoms with E-state index in [1.54, 1.807) is 0 Å². The van der Waals surface area contributed by atoms with Crippen LogP contribution >= 0.6 is 0 Å². The third kappa shape index (κ3) is 5.70. The number of aliphatic imine (C=N–C) groups is 2. The van der Waals surface area contributed by atoms with Crippen LogP contribution in [0, 0.1) is 0 Å². The molecule has 0 radical (unpaired) electrons. The second-order valence-electron chi connectivity index (χ2n) is 15.4. The van der Waals surface area contributed by atoms with E-state index in [1.807, 2.05) is 24.3 Å². The summed E-state index contributed by atoms with van der Waals surface area (Å²) in [4.78, 5) is 10.6. The Morgan fingerprint density at radius 3 is 1.87 bits per heavy atom. The zero-order valence-electron chi connectivity index (χ0n) is 32.5. The third-order valence-electron chi connectivity index (χ3n) is 11.8. The maximum absolute atomic E-state index is 6.73. The number of nitrogens with zero attached hydrogens (tertiary/aromatic N) is 3. The Labute approximate surface area is 346 Å². The molecule has 0 saturated carbocycles. The Bertz CT molecular complexity index is 3510. The van der Waals surface area contributed by atoms with E-state index >= 15 is 0 Å². The molecular formula is C55H36N4O. The van der Waals surface area contributed by atoms with Crippen molar-refractivity contribution in [3.63, 3.8) is 0 Å². The highest BCUT2D eigenvalue weighted by Gasteiger charge is 2.25. The molecule has 1 aliphatic rings. The largest absolute Gasteiger partial charge is 0.456 e. The third-order valence-corrected chi connectivity index (χ3v) is 11.8. The number of rotatable bonds is 6. The van der Waals surface area contributed by atoms with Crippen LogP contribution in [-0.4, -0.2) is 16.2 Å². The minimum absolute atomic E-state index is 0.403. The number of nitrogens with one attached hydrogen (secondary N) is 1. The van der Waals surface area contributed by atoms with Crippen LogP contribution in [0.3, 0.4) is 0 Å². The topological polar surface area (TPSA) is 54.8 Å². The van der Waals surface area contributed by atoms with Crippen molar-refractivity contribution >= 4 is 66.2 Å². The van der Waals surface area contributed by atoms with Crippen LogP contribution in [0.4, 0.5) is 0 Å². The van der Waals surface area contributed by atoms with Crippen molar-refractivity contribution in [2.24, 2.45) is 9.98 Å². The molecule has 5 nitrogen and oxygen atoms in total. The van der Waals surface area contributed by atoms with Gasteiger partial charge >= 0.3 is 0 Å². The summed E-state index contributed by atoms with van der Waals surface area (Å²) >= 11 is 0. The number of fused-ring (bicyclic) bond motifs is 7. The molecule has 11 aromatic rings. The molecule has 0 aliphatic carbocycles. The van der Waals surface area contributed by atoms with Crippen LogP contribution in [0.1, 0.15) is 22.9 Å². The molecule has 1 N–H and O–H groups in total. The lowest BCUT2D eigenvalue weighted by molar-refractivity contribution is 0.666. The molecule has 0 spiro atoms. The molecule has 282 valence electrons. The number of amidine groups is 2. The lowest BCUT2D eigenvalue weighted by atomic mass is 10.0. The van der Waals surface area contributed by atoms with Crippen LogP contribution < -0.4 is 5.32 Å². The van der Waals surface area contributed by atoms with Crippen LogP contribution in [-0.2, 0) is 0 Å². The van der Waals surface area contributed by atoms with Gasteiger partial charge in [-0.2, -0.15) is 0 Å². The first-order chi connectivity index (χ1) is 29.7. The highest BCUT2D eigenvalue weighted by molar-refractivity contribution is 6.19. The molecule has 0 amide bonds. The molecule has 0 bridgehead atoms.